The molecular formula is C49H59N3O12. The van der Waals surface area contributed by atoms with Crippen molar-refractivity contribution in [1.29, 1.82) is 0 Å². The molecule has 1 saturated heterocycles. The highest BCUT2D eigenvalue weighted by molar-refractivity contribution is 6.00. The van der Waals surface area contributed by atoms with E-state index in [2.05, 4.69) is 10.6 Å². The Labute approximate surface area is 374 Å². The zero-order valence-electron chi connectivity index (χ0n) is 36.9. The minimum atomic E-state index is -2.31. The first-order chi connectivity index (χ1) is 30.6. The zero-order chi connectivity index (χ0) is 46.3. The maximum atomic E-state index is 14.9. The summed E-state index contributed by atoms with van der Waals surface area (Å²) in [6.45, 7) is 5.53. The van der Waals surface area contributed by atoms with Gasteiger partial charge in [-0.25, -0.2) is 14.4 Å². The second kappa shape index (κ2) is 22.5. The predicted octanol–water partition coefficient (Wildman–Crippen LogP) is 5.15. The van der Waals surface area contributed by atoms with Gasteiger partial charge >= 0.3 is 18.0 Å². The first-order valence-electron chi connectivity index (χ1n) is 21.2. The summed E-state index contributed by atoms with van der Waals surface area (Å²) in [6.07, 6.45) is -4.06. The minimum Gasteiger partial charge on any atom is -0.459 e. The normalized spacial score (nSPS) is 19.1. The Balaban J connectivity index is 1.47. The Morgan fingerprint density at radius 1 is 0.562 bits per heavy atom. The second-order valence-corrected chi connectivity index (χ2v) is 16.8. The number of hydrogen-bond acceptors (Lipinski definition) is 12. The lowest BCUT2D eigenvalue weighted by Crippen LogP contribution is -2.71. The van der Waals surface area contributed by atoms with E-state index in [0.717, 1.165) is 16.0 Å². The largest absolute Gasteiger partial charge is 0.459 e. The fourth-order valence-corrected chi connectivity index (χ4v) is 7.30. The molecule has 1 fully saturated rings. The molecule has 1 aliphatic rings. The van der Waals surface area contributed by atoms with Crippen molar-refractivity contribution >= 4 is 29.8 Å². The summed E-state index contributed by atoms with van der Waals surface area (Å²) in [5, 5.41) is 27.8. The molecule has 0 spiro atoms. The van der Waals surface area contributed by atoms with Crippen molar-refractivity contribution in [3.05, 3.63) is 144 Å². The maximum Gasteiger partial charge on any atom is 0.412 e. The molecule has 4 aromatic rings. The van der Waals surface area contributed by atoms with Crippen LogP contribution >= 0.6 is 0 Å². The quantitative estimate of drug-likeness (QED) is 0.0674. The summed E-state index contributed by atoms with van der Waals surface area (Å²) in [6, 6.07) is 33.1. The van der Waals surface area contributed by atoms with Gasteiger partial charge in [-0.3, -0.25) is 14.5 Å². The lowest BCUT2D eigenvalue weighted by Gasteiger charge is -2.44. The van der Waals surface area contributed by atoms with E-state index in [4.69, 9.17) is 23.7 Å². The van der Waals surface area contributed by atoms with Crippen molar-refractivity contribution in [3.63, 3.8) is 0 Å². The van der Waals surface area contributed by atoms with Crippen LogP contribution in [0.5, 0.6) is 0 Å². The van der Waals surface area contributed by atoms with Crippen LogP contribution in [-0.4, -0.2) is 99.1 Å². The second-order valence-electron chi connectivity index (χ2n) is 16.8. The third kappa shape index (κ3) is 12.5. The molecule has 1 aliphatic heterocycles. The van der Waals surface area contributed by atoms with Gasteiger partial charge in [-0.05, 0) is 69.7 Å². The van der Waals surface area contributed by atoms with Crippen LogP contribution in [0.1, 0.15) is 69.7 Å². The fraction of sp³-hybridized carbons (Fsp3) is 0.408. The molecule has 2 unspecified atom stereocenters. The summed E-state index contributed by atoms with van der Waals surface area (Å²) in [4.78, 5) is 72.7. The van der Waals surface area contributed by atoms with E-state index < -0.39 is 96.9 Å². The van der Waals surface area contributed by atoms with Gasteiger partial charge in [0.2, 0.25) is 11.8 Å². The smallest absolute Gasteiger partial charge is 0.412 e. The number of esters is 2. The van der Waals surface area contributed by atoms with Gasteiger partial charge in [0.25, 0.3) is 0 Å². The van der Waals surface area contributed by atoms with Crippen LogP contribution < -0.4 is 10.6 Å². The number of carbonyl (C=O) groups is 5. The Morgan fingerprint density at radius 3 is 1.17 bits per heavy atom. The van der Waals surface area contributed by atoms with E-state index in [1.54, 1.807) is 83.1 Å². The molecular weight excluding hydrogens is 823 g/mol. The SMILES string of the molecule is C[C@@H](OCc1ccccc1)[C@H](NC(=O)C1(CO)CCC(CO)(C(=O)N[C@H](C(=O)OCc2ccccc2)[C@@H](C)OCc2ccccc2)N1C(=O)OC(C)(C)C)C(=O)OCc1ccccc1. The number of benzene rings is 4. The third-order valence-electron chi connectivity index (χ3n) is 10.9. The van der Waals surface area contributed by atoms with Crippen LogP contribution in [0, 0.1) is 0 Å². The number of carbonyl (C=O) groups excluding carboxylic acids is 5. The molecule has 4 N–H and O–H groups in total. The van der Waals surface area contributed by atoms with E-state index in [1.165, 1.54) is 0 Å². The third-order valence-corrected chi connectivity index (χ3v) is 10.9. The van der Waals surface area contributed by atoms with Gasteiger partial charge in [-0.15, -0.1) is 0 Å². The van der Waals surface area contributed by atoms with Gasteiger partial charge in [-0.1, -0.05) is 121 Å². The van der Waals surface area contributed by atoms with Crippen molar-refractivity contribution in [2.45, 2.75) is 115 Å². The number of aliphatic hydroxyl groups is 2. The molecule has 342 valence electrons. The van der Waals surface area contributed by atoms with Crippen molar-refractivity contribution < 1.29 is 57.9 Å². The number of nitrogens with zero attached hydrogens (tertiary/aromatic N) is 1. The number of hydrogen-bond donors (Lipinski definition) is 4. The topological polar surface area (TPSA) is 199 Å². The van der Waals surface area contributed by atoms with Crippen molar-refractivity contribution in [2.24, 2.45) is 0 Å². The molecule has 0 saturated carbocycles. The molecule has 15 heteroatoms. The van der Waals surface area contributed by atoms with Gasteiger partial charge < -0.3 is 44.5 Å². The maximum absolute atomic E-state index is 14.9. The average molecular weight is 882 g/mol. The molecule has 0 aliphatic carbocycles. The summed E-state index contributed by atoms with van der Waals surface area (Å²) < 4.78 is 29.2. The van der Waals surface area contributed by atoms with E-state index in [1.807, 2.05) is 72.8 Å². The van der Waals surface area contributed by atoms with Crippen LogP contribution in [0.25, 0.3) is 0 Å². The monoisotopic (exact) mass is 881 g/mol. The van der Waals surface area contributed by atoms with E-state index in [0.29, 0.717) is 11.1 Å². The Hall–Kier alpha value is -6.13. The highest BCUT2D eigenvalue weighted by atomic mass is 16.6. The number of ether oxygens (including phenoxy) is 5. The van der Waals surface area contributed by atoms with Gasteiger partial charge in [0.1, 0.15) is 29.9 Å². The van der Waals surface area contributed by atoms with E-state index in [-0.39, 0.29) is 26.4 Å². The molecule has 3 amide bonds. The molecule has 64 heavy (non-hydrogen) atoms. The van der Waals surface area contributed by atoms with E-state index >= 15 is 0 Å². The fourth-order valence-electron chi connectivity index (χ4n) is 7.30. The first kappa shape index (κ1) is 48.9. The van der Waals surface area contributed by atoms with Gasteiger partial charge in [-0.2, -0.15) is 0 Å². The molecule has 15 nitrogen and oxygen atoms in total. The summed E-state index contributed by atoms with van der Waals surface area (Å²) in [7, 11) is 0. The number of amides is 3. The lowest BCUT2D eigenvalue weighted by atomic mass is 9.94. The molecule has 0 bridgehead atoms. The van der Waals surface area contributed by atoms with E-state index in [9.17, 15) is 34.2 Å². The summed E-state index contributed by atoms with van der Waals surface area (Å²) in [5.74, 6) is -3.86. The first-order valence-corrected chi connectivity index (χ1v) is 21.2. The number of nitrogens with one attached hydrogen (secondary N) is 2. The van der Waals surface area contributed by atoms with Gasteiger partial charge in [0.05, 0.1) is 38.6 Å². The molecule has 0 radical (unpaired) electrons. The summed E-state index contributed by atoms with van der Waals surface area (Å²) >= 11 is 0. The molecule has 4 aromatic carbocycles. The predicted molar refractivity (Wildman–Crippen MR) is 235 cm³/mol. The minimum absolute atomic E-state index is 0.0613. The number of aliphatic hydroxyl groups excluding tert-OH is 2. The molecule has 0 aromatic heterocycles. The average Bonchev–Trinajstić information content (AvgIpc) is 3.67. The van der Waals surface area contributed by atoms with Crippen LogP contribution in [0.3, 0.4) is 0 Å². The number of likely N-dealkylation sites (tertiary alicyclic amines) is 1. The molecule has 1 heterocycles. The highest BCUT2D eigenvalue weighted by Gasteiger charge is 2.65. The standard InChI is InChI=1S/C49H59N3O12/c1-34(60-28-36-18-10-6-11-19-36)40(42(55)62-30-38-22-14-8-15-23-38)50-44(57)48(32-53)26-27-49(33-54,52(48)46(59)64-47(3,4)5)45(58)51-41(35(2)61-29-37-20-12-7-13-21-37)43(56)63-31-39-24-16-9-17-25-39/h6-25,34-35,40-41,53-54H,26-33H2,1-5H3,(H,50,57)(H,51,58)/t34-,35-,40+,41+,48?,49?/m1/s1. The number of rotatable bonds is 20. The van der Waals surface area contributed by atoms with Crippen LogP contribution in [0.2, 0.25) is 0 Å². The van der Waals surface area contributed by atoms with Crippen LogP contribution in [-0.2, 0) is 69.3 Å². The van der Waals surface area contributed by atoms with Gasteiger partial charge in [0, 0.05) is 0 Å². The van der Waals surface area contributed by atoms with Gasteiger partial charge in [0.15, 0.2) is 12.1 Å². The Morgan fingerprint density at radius 2 is 0.875 bits per heavy atom. The van der Waals surface area contributed by atoms with Crippen LogP contribution in [0.4, 0.5) is 4.79 Å². The lowest BCUT2D eigenvalue weighted by molar-refractivity contribution is -0.159. The van der Waals surface area contributed by atoms with Crippen molar-refractivity contribution in [1.82, 2.24) is 15.5 Å². The Kier molecular flexibility index (Phi) is 17.2. The zero-order valence-corrected chi connectivity index (χ0v) is 36.9. The van der Waals surface area contributed by atoms with Crippen molar-refractivity contribution in [2.75, 3.05) is 13.2 Å². The Bertz CT molecular complexity index is 2000. The summed E-state index contributed by atoms with van der Waals surface area (Å²) in [5.41, 5.74) is -2.87. The molecule has 6 atom stereocenters. The molecule has 5 rings (SSSR count). The van der Waals surface area contributed by atoms with Crippen LogP contribution in [0.15, 0.2) is 121 Å². The van der Waals surface area contributed by atoms with Crippen molar-refractivity contribution in [3.8, 4) is 0 Å². The highest BCUT2D eigenvalue weighted by Crippen LogP contribution is 2.43.